The van der Waals surface area contributed by atoms with Crippen molar-refractivity contribution in [2.75, 3.05) is 19.8 Å². The number of nitrogens with one attached hydrogen (secondary N) is 1. The molecule has 0 aromatic heterocycles. The molecule has 526 valence electrons. The van der Waals surface area contributed by atoms with Crippen molar-refractivity contribution in [1.29, 1.82) is 0 Å². The Kier molecular flexibility index (Phi) is 56.5. The number of hydrogen-bond acceptors (Lipinski definition) is 13. The van der Waals surface area contributed by atoms with Crippen LogP contribution in [0.2, 0.25) is 0 Å². The summed E-state index contributed by atoms with van der Waals surface area (Å²) >= 11 is 0. The number of aliphatic hydroxyl groups excluding tert-OH is 8. The SMILES string of the molecule is CCCCCCCCCC/C=C\CCCCCCCCCCCCCCCCCCCCCCCCCCCCCC(=O)NC(COC1OC(CO)C(OC2OC(CO)C(O)C(O)C2O)C(O)C1O)C(O)/C=C/CCCCCCCCCCCCCCCC. The molecule has 2 heterocycles. The van der Waals surface area contributed by atoms with Crippen molar-refractivity contribution >= 4 is 5.91 Å². The van der Waals surface area contributed by atoms with Crippen molar-refractivity contribution in [3.8, 4) is 0 Å². The van der Waals surface area contributed by atoms with E-state index in [0.717, 1.165) is 38.5 Å². The van der Waals surface area contributed by atoms with Crippen LogP contribution in [-0.4, -0.2) is 140 Å². The van der Waals surface area contributed by atoms with Crippen LogP contribution in [-0.2, 0) is 23.7 Å². The zero-order valence-corrected chi connectivity index (χ0v) is 57.5. The molecule has 0 saturated carbocycles. The highest BCUT2D eigenvalue weighted by Crippen LogP contribution is 2.30. The maximum absolute atomic E-state index is 13.3. The van der Waals surface area contributed by atoms with Crippen molar-refractivity contribution < 1.29 is 64.6 Å². The fourth-order valence-electron chi connectivity index (χ4n) is 12.8. The predicted molar refractivity (Wildman–Crippen MR) is 365 cm³/mol. The number of carbonyl (C=O) groups is 1. The van der Waals surface area contributed by atoms with Gasteiger partial charge in [0.1, 0.15) is 48.8 Å². The second kappa shape index (κ2) is 60.2. The molecular weight excluding hydrogens is 1120 g/mol. The first kappa shape index (κ1) is 83.6. The van der Waals surface area contributed by atoms with Crippen LogP contribution in [0.4, 0.5) is 0 Å². The van der Waals surface area contributed by atoms with Gasteiger partial charge in [-0.05, 0) is 44.9 Å². The minimum atomic E-state index is -1.79. The fraction of sp³-hybridized carbons (Fsp3) is 0.933. The van der Waals surface area contributed by atoms with E-state index in [1.54, 1.807) is 6.08 Å². The van der Waals surface area contributed by atoms with Gasteiger partial charge in [0.15, 0.2) is 12.6 Å². The van der Waals surface area contributed by atoms with E-state index < -0.39 is 86.8 Å². The summed E-state index contributed by atoms with van der Waals surface area (Å²) in [5.41, 5.74) is 0. The zero-order chi connectivity index (χ0) is 64.5. The van der Waals surface area contributed by atoms with Gasteiger partial charge in [-0.2, -0.15) is 0 Å². The minimum Gasteiger partial charge on any atom is -0.394 e. The number of unbranched alkanes of at least 4 members (excludes halogenated alkanes) is 49. The molecule has 12 atom stereocenters. The summed E-state index contributed by atoms with van der Waals surface area (Å²) in [7, 11) is 0. The van der Waals surface area contributed by atoms with Crippen LogP contribution >= 0.6 is 0 Å². The first-order valence-electron chi connectivity index (χ1n) is 38.1. The summed E-state index contributed by atoms with van der Waals surface area (Å²) in [4.78, 5) is 13.3. The van der Waals surface area contributed by atoms with Gasteiger partial charge < -0.3 is 65.1 Å². The van der Waals surface area contributed by atoms with Crippen LogP contribution in [0, 0.1) is 0 Å². The molecule has 2 saturated heterocycles. The van der Waals surface area contributed by atoms with E-state index in [-0.39, 0.29) is 18.9 Å². The first-order valence-corrected chi connectivity index (χ1v) is 38.1. The molecule has 0 spiro atoms. The highest BCUT2D eigenvalue weighted by molar-refractivity contribution is 5.76. The van der Waals surface area contributed by atoms with E-state index in [9.17, 15) is 45.6 Å². The molecule has 12 unspecified atom stereocenters. The first-order chi connectivity index (χ1) is 43.6. The Hall–Kier alpha value is -1.53. The highest BCUT2D eigenvalue weighted by Gasteiger charge is 2.51. The van der Waals surface area contributed by atoms with Crippen LogP contribution in [0.25, 0.3) is 0 Å². The van der Waals surface area contributed by atoms with Crippen LogP contribution in [0.15, 0.2) is 24.3 Å². The van der Waals surface area contributed by atoms with Crippen molar-refractivity contribution in [1.82, 2.24) is 5.32 Å². The molecule has 2 fully saturated rings. The molecule has 89 heavy (non-hydrogen) atoms. The molecule has 2 aliphatic heterocycles. The molecule has 14 heteroatoms. The van der Waals surface area contributed by atoms with Crippen molar-refractivity contribution in [3.05, 3.63) is 24.3 Å². The summed E-state index contributed by atoms with van der Waals surface area (Å²) in [6.07, 6.45) is 59.9. The summed E-state index contributed by atoms with van der Waals surface area (Å²) in [6.45, 7) is 2.84. The Labute approximate surface area is 545 Å². The van der Waals surface area contributed by atoms with E-state index in [0.29, 0.717) is 6.42 Å². The Bertz CT molecular complexity index is 1590. The molecular formula is C75H143NO13. The lowest BCUT2D eigenvalue weighted by atomic mass is 9.97. The average molecular weight is 1270 g/mol. The van der Waals surface area contributed by atoms with E-state index in [1.165, 1.54) is 289 Å². The maximum Gasteiger partial charge on any atom is 0.220 e. The van der Waals surface area contributed by atoms with Crippen molar-refractivity contribution in [2.24, 2.45) is 0 Å². The van der Waals surface area contributed by atoms with Gasteiger partial charge in [-0.15, -0.1) is 0 Å². The van der Waals surface area contributed by atoms with Crippen molar-refractivity contribution in [2.45, 2.75) is 428 Å². The lowest BCUT2D eigenvalue weighted by molar-refractivity contribution is -0.359. The highest BCUT2D eigenvalue weighted by atomic mass is 16.7. The number of rotatable bonds is 64. The van der Waals surface area contributed by atoms with Gasteiger partial charge in [0, 0.05) is 6.42 Å². The largest absolute Gasteiger partial charge is 0.394 e. The van der Waals surface area contributed by atoms with Crippen LogP contribution in [0.1, 0.15) is 354 Å². The van der Waals surface area contributed by atoms with E-state index in [2.05, 4.69) is 31.3 Å². The lowest BCUT2D eigenvalue weighted by Gasteiger charge is -2.46. The molecule has 9 N–H and O–H groups in total. The van der Waals surface area contributed by atoms with E-state index >= 15 is 0 Å². The standard InChI is InChI=1S/C75H143NO13/c1-3-5-7-9-11-13-15-17-19-21-22-23-24-25-26-27-28-29-30-31-32-33-34-35-36-37-38-39-40-41-42-43-45-47-49-51-53-55-57-59-67(80)76-63(64(79)58-56-54-52-50-48-46-44-20-18-16-14-12-10-8-6-4-2)62-86-74-72(85)70(83)73(66(61-78)88-74)89-75-71(84)69(82)68(81)65(60-77)87-75/h21-22,56,58,63-66,68-75,77-79,81-85H,3-20,23-55,57,59-62H2,1-2H3,(H,76,80)/b22-21-,58-56+. The number of ether oxygens (including phenoxy) is 4. The quantitative estimate of drug-likeness (QED) is 0.0204. The smallest absolute Gasteiger partial charge is 0.220 e. The van der Waals surface area contributed by atoms with E-state index in [1.807, 2.05) is 6.08 Å². The Morgan fingerprint density at radius 3 is 1.07 bits per heavy atom. The third-order valence-electron chi connectivity index (χ3n) is 18.9. The van der Waals surface area contributed by atoms with Gasteiger partial charge in [-0.25, -0.2) is 0 Å². The summed E-state index contributed by atoms with van der Waals surface area (Å²) < 4.78 is 22.9. The average Bonchev–Trinajstić information content (AvgIpc) is 2.55. The van der Waals surface area contributed by atoms with Gasteiger partial charge in [0.25, 0.3) is 0 Å². The zero-order valence-electron chi connectivity index (χ0n) is 57.5. The number of hydrogen-bond donors (Lipinski definition) is 9. The van der Waals surface area contributed by atoms with Gasteiger partial charge in [0.2, 0.25) is 5.91 Å². The molecule has 2 rings (SSSR count). The molecule has 2 aliphatic rings. The molecule has 0 radical (unpaired) electrons. The summed E-state index contributed by atoms with van der Waals surface area (Å²) in [5, 5.41) is 87.4. The second-order valence-electron chi connectivity index (χ2n) is 27.1. The second-order valence-corrected chi connectivity index (χ2v) is 27.1. The van der Waals surface area contributed by atoms with Crippen molar-refractivity contribution in [3.63, 3.8) is 0 Å². The van der Waals surface area contributed by atoms with Crippen LogP contribution in [0.3, 0.4) is 0 Å². The molecule has 14 nitrogen and oxygen atoms in total. The van der Waals surface area contributed by atoms with Crippen LogP contribution < -0.4 is 5.32 Å². The molecule has 0 aromatic rings. The predicted octanol–water partition coefficient (Wildman–Crippen LogP) is 16.3. The van der Waals surface area contributed by atoms with Gasteiger partial charge in [-0.3, -0.25) is 4.79 Å². The third-order valence-corrected chi connectivity index (χ3v) is 18.9. The summed E-state index contributed by atoms with van der Waals surface area (Å²) in [5.74, 6) is -0.232. The number of allylic oxidation sites excluding steroid dienone is 3. The maximum atomic E-state index is 13.3. The molecule has 0 aromatic carbocycles. The molecule has 0 aliphatic carbocycles. The molecule has 0 bridgehead atoms. The fourth-order valence-corrected chi connectivity index (χ4v) is 12.8. The van der Waals surface area contributed by atoms with Gasteiger partial charge in [0.05, 0.1) is 32.0 Å². The normalized spacial score (nSPS) is 23.1. The monoisotopic (exact) mass is 1270 g/mol. The molecule has 1 amide bonds. The Balaban J connectivity index is 1.55. The topological polar surface area (TPSA) is 228 Å². The third kappa shape index (κ3) is 44.0. The van der Waals surface area contributed by atoms with Crippen LogP contribution in [0.5, 0.6) is 0 Å². The number of carbonyl (C=O) groups excluding carboxylic acids is 1. The van der Waals surface area contributed by atoms with Gasteiger partial charge >= 0.3 is 0 Å². The number of aliphatic hydroxyl groups is 8. The van der Waals surface area contributed by atoms with E-state index in [4.69, 9.17) is 18.9 Å². The Morgan fingerprint density at radius 1 is 0.393 bits per heavy atom. The summed E-state index contributed by atoms with van der Waals surface area (Å²) in [6, 6.07) is -0.912. The lowest BCUT2D eigenvalue weighted by Crippen LogP contribution is -2.65. The minimum absolute atomic E-state index is 0.232. The number of amides is 1. The van der Waals surface area contributed by atoms with Gasteiger partial charge in [-0.1, -0.05) is 327 Å². The Morgan fingerprint density at radius 2 is 0.708 bits per heavy atom.